The first kappa shape index (κ1) is 19.7. The molecule has 5 nitrogen and oxygen atoms in total. The number of hydrogen-bond acceptors (Lipinski definition) is 3. The van der Waals surface area contributed by atoms with E-state index < -0.39 is 10.0 Å². The lowest BCUT2D eigenvalue weighted by molar-refractivity contribution is 0.0954. The summed E-state index contributed by atoms with van der Waals surface area (Å²) in [6.07, 6.45) is 7.95. The summed E-state index contributed by atoms with van der Waals surface area (Å²) in [6, 6.07) is 10.5. The molecule has 2 aliphatic rings. The van der Waals surface area contributed by atoms with E-state index in [0.717, 1.165) is 30.4 Å². The van der Waals surface area contributed by atoms with Crippen LogP contribution in [0.3, 0.4) is 0 Å². The van der Waals surface area contributed by atoms with E-state index >= 15 is 0 Å². The van der Waals surface area contributed by atoms with Crippen molar-refractivity contribution in [2.24, 2.45) is 0 Å². The maximum Gasteiger partial charge on any atom is 0.264 e. The first-order valence-electron chi connectivity index (χ1n) is 10.1. The number of rotatable bonds is 4. The zero-order valence-electron chi connectivity index (χ0n) is 16.9. The van der Waals surface area contributed by atoms with Gasteiger partial charge >= 0.3 is 0 Å². The van der Waals surface area contributed by atoms with Gasteiger partial charge in [-0.3, -0.25) is 9.10 Å². The Hall–Kier alpha value is -2.60. The molecular formula is C23H26N2O3S. The molecule has 0 fully saturated rings. The van der Waals surface area contributed by atoms with Gasteiger partial charge in [0.25, 0.3) is 15.9 Å². The molecular weight excluding hydrogens is 384 g/mol. The van der Waals surface area contributed by atoms with Gasteiger partial charge in [0.2, 0.25) is 0 Å². The number of nitrogens with zero attached hydrogens (tertiary/aromatic N) is 1. The van der Waals surface area contributed by atoms with E-state index in [2.05, 4.69) is 11.4 Å². The highest BCUT2D eigenvalue weighted by Crippen LogP contribution is 2.44. The Balaban J connectivity index is 1.63. The van der Waals surface area contributed by atoms with Crippen LogP contribution < -0.4 is 9.62 Å². The molecule has 152 valence electrons. The Kier molecular flexibility index (Phi) is 5.21. The molecule has 29 heavy (non-hydrogen) atoms. The van der Waals surface area contributed by atoms with Gasteiger partial charge < -0.3 is 5.32 Å². The van der Waals surface area contributed by atoms with Crippen LogP contribution in [0.25, 0.3) is 11.1 Å². The highest BCUT2D eigenvalue weighted by atomic mass is 32.2. The topological polar surface area (TPSA) is 66.5 Å². The highest BCUT2D eigenvalue weighted by molar-refractivity contribution is 7.93. The molecule has 0 saturated heterocycles. The molecule has 1 aliphatic carbocycles. The zero-order valence-corrected chi connectivity index (χ0v) is 17.7. The molecule has 0 radical (unpaired) electrons. The summed E-state index contributed by atoms with van der Waals surface area (Å²) >= 11 is 0. The molecule has 6 heteroatoms. The summed E-state index contributed by atoms with van der Waals surface area (Å²) in [5.41, 5.74) is 4.81. The van der Waals surface area contributed by atoms with Crippen molar-refractivity contribution < 1.29 is 13.2 Å². The van der Waals surface area contributed by atoms with Crippen LogP contribution in [0.2, 0.25) is 0 Å². The predicted octanol–water partition coefficient (Wildman–Crippen LogP) is 4.42. The SMILES string of the molecule is Cc1cc(C(=O)NCCC2=CCCCC2)cc2c1N(C)S(=O)(=O)c1ccccc1-2. The Bertz CT molecular complexity index is 1100. The van der Waals surface area contributed by atoms with Crippen molar-refractivity contribution in [3.8, 4) is 11.1 Å². The fourth-order valence-corrected chi connectivity index (χ4v) is 5.77. The van der Waals surface area contributed by atoms with Gasteiger partial charge in [-0.25, -0.2) is 8.42 Å². The van der Waals surface area contributed by atoms with Crippen LogP contribution in [0, 0.1) is 6.92 Å². The second kappa shape index (κ2) is 7.67. The van der Waals surface area contributed by atoms with Gasteiger partial charge in [-0.05, 0) is 62.8 Å². The van der Waals surface area contributed by atoms with E-state index in [1.54, 1.807) is 31.3 Å². The van der Waals surface area contributed by atoms with E-state index in [9.17, 15) is 13.2 Å². The van der Waals surface area contributed by atoms with E-state index in [0.29, 0.717) is 23.4 Å². The van der Waals surface area contributed by atoms with Crippen molar-refractivity contribution in [1.29, 1.82) is 0 Å². The summed E-state index contributed by atoms with van der Waals surface area (Å²) in [7, 11) is -2.03. The van der Waals surface area contributed by atoms with Crippen molar-refractivity contribution >= 4 is 21.6 Å². The van der Waals surface area contributed by atoms with Gasteiger partial charge in [0.1, 0.15) is 0 Å². The monoisotopic (exact) mass is 410 g/mol. The van der Waals surface area contributed by atoms with Gasteiger partial charge in [0, 0.05) is 30.3 Å². The van der Waals surface area contributed by atoms with Crippen LogP contribution >= 0.6 is 0 Å². The second-order valence-corrected chi connectivity index (χ2v) is 9.71. The van der Waals surface area contributed by atoms with Crippen molar-refractivity contribution in [1.82, 2.24) is 5.32 Å². The first-order chi connectivity index (χ1) is 13.9. The number of benzene rings is 2. The Morgan fingerprint density at radius 3 is 2.69 bits per heavy atom. The quantitative estimate of drug-likeness (QED) is 0.759. The number of sulfonamides is 1. The molecule has 4 rings (SSSR count). The highest BCUT2D eigenvalue weighted by Gasteiger charge is 2.33. The molecule has 1 amide bonds. The number of carbonyl (C=O) groups is 1. The number of fused-ring (bicyclic) bond motifs is 3. The number of nitrogens with one attached hydrogen (secondary N) is 1. The standard InChI is InChI=1S/C23H26N2O3S/c1-16-14-18(23(26)24-13-12-17-8-4-3-5-9-17)15-20-19-10-6-7-11-21(19)29(27,28)25(2)22(16)20/h6-8,10-11,14-15H,3-5,9,12-13H2,1-2H3,(H,24,26). The maximum absolute atomic E-state index is 12.9. The Morgan fingerprint density at radius 1 is 1.14 bits per heavy atom. The Labute approximate surface area is 172 Å². The summed E-state index contributed by atoms with van der Waals surface area (Å²) in [6.45, 7) is 2.47. The zero-order chi connectivity index (χ0) is 20.6. The molecule has 0 saturated carbocycles. The van der Waals surface area contributed by atoms with E-state index in [1.165, 1.54) is 22.7 Å². The van der Waals surface area contributed by atoms with E-state index in [1.807, 2.05) is 19.1 Å². The Morgan fingerprint density at radius 2 is 1.93 bits per heavy atom. The van der Waals surface area contributed by atoms with Crippen LogP contribution in [0.15, 0.2) is 52.9 Å². The maximum atomic E-state index is 12.9. The number of amides is 1. The first-order valence-corrected chi connectivity index (χ1v) is 11.5. The molecule has 1 aliphatic heterocycles. The van der Waals surface area contributed by atoms with Crippen LogP contribution in [0.4, 0.5) is 5.69 Å². The molecule has 1 heterocycles. The van der Waals surface area contributed by atoms with Crippen molar-refractivity contribution in [2.75, 3.05) is 17.9 Å². The fourth-order valence-electron chi connectivity index (χ4n) is 4.29. The second-order valence-electron chi connectivity index (χ2n) is 7.77. The van der Waals surface area contributed by atoms with Crippen LogP contribution in [-0.4, -0.2) is 27.9 Å². The largest absolute Gasteiger partial charge is 0.352 e. The molecule has 2 aromatic rings. The van der Waals surface area contributed by atoms with Crippen molar-refractivity contribution in [2.45, 2.75) is 43.9 Å². The molecule has 0 aromatic heterocycles. The molecule has 0 bridgehead atoms. The minimum atomic E-state index is -3.59. The molecule has 1 N–H and O–H groups in total. The van der Waals surface area contributed by atoms with Gasteiger partial charge in [-0.2, -0.15) is 0 Å². The fraction of sp³-hybridized carbons (Fsp3) is 0.348. The lowest BCUT2D eigenvalue weighted by Gasteiger charge is -2.31. The van der Waals surface area contributed by atoms with Gasteiger partial charge in [0.05, 0.1) is 10.6 Å². The van der Waals surface area contributed by atoms with Gasteiger partial charge in [-0.15, -0.1) is 0 Å². The number of aryl methyl sites for hydroxylation is 1. The van der Waals surface area contributed by atoms with Crippen LogP contribution in [0.5, 0.6) is 0 Å². The average Bonchev–Trinajstić information content (AvgIpc) is 2.72. The lowest BCUT2D eigenvalue weighted by Crippen LogP contribution is -2.32. The normalized spacial score (nSPS) is 17.2. The third-order valence-corrected chi connectivity index (χ3v) is 7.63. The smallest absolute Gasteiger partial charge is 0.264 e. The number of hydrogen-bond donors (Lipinski definition) is 1. The van der Waals surface area contributed by atoms with Crippen molar-refractivity contribution in [3.63, 3.8) is 0 Å². The lowest BCUT2D eigenvalue weighted by atomic mass is 9.96. The van der Waals surface area contributed by atoms with Crippen LogP contribution in [-0.2, 0) is 10.0 Å². The summed E-state index contributed by atoms with van der Waals surface area (Å²) in [5.74, 6) is -0.124. The minimum absolute atomic E-state index is 0.124. The molecule has 0 spiro atoms. The molecule has 2 aromatic carbocycles. The number of allylic oxidation sites excluding steroid dienone is 1. The number of carbonyl (C=O) groups excluding carboxylic acids is 1. The summed E-state index contributed by atoms with van der Waals surface area (Å²) < 4.78 is 27.1. The van der Waals surface area contributed by atoms with Gasteiger partial charge in [-0.1, -0.05) is 29.8 Å². The predicted molar refractivity (Wildman–Crippen MR) is 116 cm³/mol. The number of anilines is 1. The van der Waals surface area contributed by atoms with Crippen molar-refractivity contribution in [3.05, 3.63) is 59.2 Å². The summed E-state index contributed by atoms with van der Waals surface area (Å²) in [5, 5.41) is 3.02. The van der Waals surface area contributed by atoms with E-state index in [-0.39, 0.29) is 10.8 Å². The molecule has 0 unspecified atom stereocenters. The third kappa shape index (κ3) is 3.57. The van der Waals surface area contributed by atoms with Gasteiger partial charge in [0.15, 0.2) is 0 Å². The minimum Gasteiger partial charge on any atom is -0.352 e. The van der Waals surface area contributed by atoms with E-state index in [4.69, 9.17) is 0 Å². The summed E-state index contributed by atoms with van der Waals surface area (Å²) in [4.78, 5) is 13.1. The average molecular weight is 411 g/mol. The van der Waals surface area contributed by atoms with Crippen LogP contribution in [0.1, 0.15) is 48.0 Å². The molecule has 0 atom stereocenters. The third-order valence-electron chi connectivity index (χ3n) is 5.81.